The van der Waals surface area contributed by atoms with Gasteiger partial charge in [-0.25, -0.2) is 0 Å². The minimum atomic E-state index is -0.741. The summed E-state index contributed by atoms with van der Waals surface area (Å²) >= 11 is 0. The van der Waals surface area contributed by atoms with E-state index in [9.17, 15) is 4.79 Å². The lowest BCUT2D eigenvalue weighted by Crippen LogP contribution is -2.59. The molecule has 1 amide bonds. The molecule has 1 atom stereocenters. The van der Waals surface area contributed by atoms with Crippen LogP contribution in [0.4, 0.5) is 0 Å². The number of rotatable bonds is 6. The van der Waals surface area contributed by atoms with Crippen LogP contribution in [0.25, 0.3) is 0 Å². The number of likely N-dealkylation sites (N-methyl/N-ethyl adjacent to an activating group) is 1. The molecule has 1 fully saturated rings. The van der Waals surface area contributed by atoms with Crippen molar-refractivity contribution < 1.29 is 9.53 Å². The molecule has 0 radical (unpaired) electrons. The minimum Gasteiger partial charge on any atom is -0.491 e. The molecule has 0 spiro atoms. The van der Waals surface area contributed by atoms with Gasteiger partial charge in [-0.1, -0.05) is 18.2 Å². The second-order valence-electron chi connectivity index (χ2n) is 5.37. The molecule has 0 aliphatic heterocycles. The lowest BCUT2D eigenvalue weighted by atomic mass is 9.93. The SMILES string of the molecule is CNC(COc1c(C)cccc1C)(C(N)=O)C1CC1. The van der Waals surface area contributed by atoms with Gasteiger partial charge in [0.15, 0.2) is 0 Å². The third-order valence-corrected chi connectivity index (χ3v) is 4.01. The molecule has 0 saturated heterocycles. The average molecular weight is 262 g/mol. The Morgan fingerprint density at radius 2 is 2.00 bits per heavy atom. The normalized spacial score (nSPS) is 17.8. The number of primary amides is 1. The van der Waals surface area contributed by atoms with E-state index in [0.29, 0.717) is 5.92 Å². The summed E-state index contributed by atoms with van der Waals surface area (Å²) < 4.78 is 5.92. The van der Waals surface area contributed by atoms with Crippen molar-refractivity contribution in [1.82, 2.24) is 5.32 Å². The fourth-order valence-corrected chi connectivity index (χ4v) is 2.58. The Kier molecular flexibility index (Phi) is 3.80. The number of carbonyl (C=O) groups is 1. The van der Waals surface area contributed by atoms with Gasteiger partial charge in [0.2, 0.25) is 5.91 Å². The molecule has 1 aliphatic carbocycles. The molecule has 0 heterocycles. The van der Waals surface area contributed by atoms with Crippen LogP contribution in [-0.4, -0.2) is 25.1 Å². The zero-order valence-electron chi connectivity index (χ0n) is 11.8. The molecule has 104 valence electrons. The highest BCUT2D eigenvalue weighted by atomic mass is 16.5. The number of aryl methyl sites for hydroxylation is 2. The van der Waals surface area contributed by atoms with Crippen molar-refractivity contribution in [1.29, 1.82) is 0 Å². The Bertz CT molecular complexity index is 463. The number of ether oxygens (including phenoxy) is 1. The van der Waals surface area contributed by atoms with Gasteiger partial charge < -0.3 is 15.8 Å². The van der Waals surface area contributed by atoms with Gasteiger partial charge in [0.1, 0.15) is 17.9 Å². The predicted octanol–water partition coefficient (Wildman–Crippen LogP) is 1.54. The maximum absolute atomic E-state index is 11.8. The van der Waals surface area contributed by atoms with Gasteiger partial charge in [-0.3, -0.25) is 4.79 Å². The van der Waals surface area contributed by atoms with Crippen molar-refractivity contribution in [2.75, 3.05) is 13.7 Å². The van der Waals surface area contributed by atoms with Crippen molar-refractivity contribution in [2.45, 2.75) is 32.2 Å². The summed E-state index contributed by atoms with van der Waals surface area (Å²) in [5.41, 5.74) is 6.99. The number of benzene rings is 1. The fraction of sp³-hybridized carbons (Fsp3) is 0.533. The first-order valence-corrected chi connectivity index (χ1v) is 6.69. The smallest absolute Gasteiger partial charge is 0.241 e. The highest BCUT2D eigenvalue weighted by molar-refractivity contribution is 5.85. The summed E-state index contributed by atoms with van der Waals surface area (Å²) in [5, 5.41) is 3.09. The van der Waals surface area contributed by atoms with Gasteiger partial charge in [0.25, 0.3) is 0 Å². The van der Waals surface area contributed by atoms with Crippen LogP contribution in [0.3, 0.4) is 0 Å². The number of hydrogen-bond acceptors (Lipinski definition) is 3. The minimum absolute atomic E-state index is 0.287. The molecular formula is C15H22N2O2. The van der Waals surface area contributed by atoms with Crippen LogP contribution in [0.15, 0.2) is 18.2 Å². The van der Waals surface area contributed by atoms with Gasteiger partial charge in [-0.05, 0) is 50.8 Å². The molecule has 1 saturated carbocycles. The third kappa shape index (κ3) is 2.59. The molecule has 0 bridgehead atoms. The molecule has 4 heteroatoms. The van der Waals surface area contributed by atoms with Crippen molar-refractivity contribution >= 4 is 5.91 Å². The van der Waals surface area contributed by atoms with E-state index in [0.717, 1.165) is 29.7 Å². The van der Waals surface area contributed by atoms with E-state index < -0.39 is 5.54 Å². The second-order valence-corrected chi connectivity index (χ2v) is 5.37. The summed E-state index contributed by atoms with van der Waals surface area (Å²) in [6.45, 7) is 4.30. The maximum Gasteiger partial charge on any atom is 0.241 e. The Hall–Kier alpha value is -1.55. The predicted molar refractivity (Wildman–Crippen MR) is 75.1 cm³/mol. The second kappa shape index (κ2) is 5.21. The number of hydrogen-bond donors (Lipinski definition) is 2. The lowest BCUT2D eigenvalue weighted by Gasteiger charge is -2.30. The summed E-state index contributed by atoms with van der Waals surface area (Å²) in [5.74, 6) is 0.812. The van der Waals surface area contributed by atoms with Crippen LogP contribution in [0.1, 0.15) is 24.0 Å². The largest absolute Gasteiger partial charge is 0.491 e. The van der Waals surface area contributed by atoms with Gasteiger partial charge >= 0.3 is 0 Å². The first-order valence-electron chi connectivity index (χ1n) is 6.69. The van der Waals surface area contributed by atoms with Crippen LogP contribution in [0.5, 0.6) is 5.75 Å². The molecule has 4 nitrogen and oxygen atoms in total. The van der Waals surface area contributed by atoms with E-state index in [4.69, 9.17) is 10.5 Å². The monoisotopic (exact) mass is 262 g/mol. The van der Waals surface area contributed by atoms with E-state index in [2.05, 4.69) is 5.32 Å². The van der Waals surface area contributed by atoms with Gasteiger partial charge in [-0.15, -0.1) is 0 Å². The standard InChI is InChI=1S/C15H22N2O2/c1-10-5-4-6-11(2)13(10)19-9-15(17-3,14(16)18)12-7-8-12/h4-6,12,17H,7-9H2,1-3H3,(H2,16,18). The molecule has 19 heavy (non-hydrogen) atoms. The molecule has 1 aromatic rings. The summed E-state index contributed by atoms with van der Waals surface area (Å²) in [6.07, 6.45) is 2.06. The van der Waals surface area contributed by atoms with Crippen LogP contribution < -0.4 is 15.8 Å². The number of carbonyl (C=O) groups excluding carboxylic acids is 1. The number of para-hydroxylation sites is 1. The Balaban J connectivity index is 2.17. The summed E-state index contributed by atoms with van der Waals surface area (Å²) in [7, 11) is 1.77. The summed E-state index contributed by atoms with van der Waals surface area (Å²) in [6, 6.07) is 6.01. The van der Waals surface area contributed by atoms with Crippen molar-refractivity contribution in [3.05, 3.63) is 29.3 Å². The molecule has 1 aromatic carbocycles. The van der Waals surface area contributed by atoms with Crippen LogP contribution >= 0.6 is 0 Å². The van der Waals surface area contributed by atoms with Gasteiger partial charge in [-0.2, -0.15) is 0 Å². The van der Waals surface area contributed by atoms with Crippen LogP contribution in [0.2, 0.25) is 0 Å². The Morgan fingerprint density at radius 3 is 2.42 bits per heavy atom. The van der Waals surface area contributed by atoms with E-state index in [1.54, 1.807) is 7.05 Å². The zero-order valence-corrected chi connectivity index (χ0v) is 11.8. The molecule has 3 N–H and O–H groups in total. The van der Waals surface area contributed by atoms with Gasteiger partial charge in [0, 0.05) is 0 Å². The molecule has 0 aromatic heterocycles. The van der Waals surface area contributed by atoms with Crippen molar-refractivity contribution in [3.63, 3.8) is 0 Å². The highest BCUT2D eigenvalue weighted by Gasteiger charge is 2.49. The molecule has 2 rings (SSSR count). The van der Waals surface area contributed by atoms with Crippen LogP contribution in [-0.2, 0) is 4.79 Å². The van der Waals surface area contributed by atoms with Crippen molar-refractivity contribution in [2.24, 2.45) is 11.7 Å². The molecule has 1 aliphatic rings. The highest BCUT2D eigenvalue weighted by Crippen LogP contribution is 2.40. The van der Waals surface area contributed by atoms with Gasteiger partial charge in [0.05, 0.1) is 0 Å². The summed E-state index contributed by atoms with van der Waals surface area (Å²) in [4.78, 5) is 11.8. The zero-order chi connectivity index (χ0) is 14.0. The molecule has 1 unspecified atom stereocenters. The first kappa shape index (κ1) is 13.9. The van der Waals surface area contributed by atoms with Crippen LogP contribution in [0, 0.1) is 19.8 Å². The number of amides is 1. The van der Waals surface area contributed by atoms with E-state index >= 15 is 0 Å². The van der Waals surface area contributed by atoms with Crippen molar-refractivity contribution in [3.8, 4) is 5.75 Å². The molecular weight excluding hydrogens is 240 g/mol. The topological polar surface area (TPSA) is 64.3 Å². The quantitative estimate of drug-likeness (QED) is 0.817. The van der Waals surface area contributed by atoms with E-state index in [1.165, 1.54) is 0 Å². The lowest BCUT2D eigenvalue weighted by molar-refractivity contribution is -0.126. The number of nitrogens with two attached hydrogens (primary N) is 1. The Morgan fingerprint density at radius 1 is 1.42 bits per heavy atom. The Labute approximate surface area is 114 Å². The van der Waals surface area contributed by atoms with E-state index in [1.807, 2.05) is 32.0 Å². The first-order chi connectivity index (χ1) is 9.01. The fourth-order valence-electron chi connectivity index (χ4n) is 2.58. The average Bonchev–Trinajstić information content (AvgIpc) is 3.18. The third-order valence-electron chi connectivity index (χ3n) is 4.01. The number of nitrogens with one attached hydrogen (secondary N) is 1. The maximum atomic E-state index is 11.8. The van der Waals surface area contributed by atoms with E-state index in [-0.39, 0.29) is 12.5 Å².